The molecule has 4 rings (SSSR count). The van der Waals surface area contributed by atoms with Crippen molar-refractivity contribution in [2.75, 3.05) is 23.3 Å². The molecule has 3 aromatic rings. The Morgan fingerprint density at radius 3 is 2.25 bits per heavy atom. The molecule has 36 heavy (non-hydrogen) atoms. The van der Waals surface area contributed by atoms with Crippen LogP contribution < -0.4 is 10.2 Å². The average Bonchev–Trinajstić information content (AvgIpc) is 3.41. The normalized spacial score (nSPS) is 14.1. The third kappa shape index (κ3) is 5.37. The Morgan fingerprint density at radius 2 is 1.67 bits per heavy atom. The number of amides is 1. The Kier molecular flexibility index (Phi) is 7.33. The maximum absolute atomic E-state index is 11.9. The summed E-state index contributed by atoms with van der Waals surface area (Å²) in [7, 11) is 0. The van der Waals surface area contributed by atoms with Crippen molar-refractivity contribution in [2.24, 2.45) is 15.5 Å². The fourth-order valence-corrected chi connectivity index (χ4v) is 4.11. The molecule has 8 heteroatoms. The van der Waals surface area contributed by atoms with Crippen molar-refractivity contribution < 1.29 is 4.79 Å². The van der Waals surface area contributed by atoms with Gasteiger partial charge in [0.15, 0.2) is 5.82 Å². The van der Waals surface area contributed by atoms with Gasteiger partial charge in [0.2, 0.25) is 11.7 Å². The van der Waals surface area contributed by atoms with Gasteiger partial charge >= 0.3 is 0 Å². The number of anilines is 2. The lowest BCUT2D eigenvalue weighted by atomic mass is 9.87. The molecule has 0 fully saturated rings. The number of fused-ring (bicyclic) bond motifs is 1. The van der Waals surface area contributed by atoms with Gasteiger partial charge in [0.05, 0.1) is 11.4 Å². The van der Waals surface area contributed by atoms with E-state index in [0.29, 0.717) is 18.1 Å². The standard InChI is InChI=1S/C28H35N7O/c1-7-10-23(36)29-20-13-11-19(12-14-20)26-31-27-24(25(28(4,5)6)32-35(27)33-26)30-21-15-17-22(18-16-21)34(8-2)9-3/h11-18H,7-10H2,1-6H3,(H,29,36). The third-order valence-electron chi connectivity index (χ3n) is 6.06. The Bertz CT molecular complexity index is 1270. The van der Waals surface area contributed by atoms with Gasteiger partial charge in [-0.2, -0.15) is 5.10 Å². The van der Waals surface area contributed by atoms with Crippen LogP contribution in [0.15, 0.2) is 58.6 Å². The molecule has 8 nitrogen and oxygen atoms in total. The molecule has 188 valence electrons. The quantitative estimate of drug-likeness (QED) is 0.429. The fraction of sp³-hybridized carbons (Fsp3) is 0.393. The van der Waals surface area contributed by atoms with E-state index < -0.39 is 0 Å². The Morgan fingerprint density at radius 1 is 1.00 bits per heavy atom. The van der Waals surface area contributed by atoms with E-state index in [9.17, 15) is 4.79 Å². The molecular formula is C28H35N7O. The van der Waals surface area contributed by atoms with Crippen LogP contribution in [0.5, 0.6) is 0 Å². The van der Waals surface area contributed by atoms with E-state index in [2.05, 4.69) is 62.1 Å². The highest BCUT2D eigenvalue weighted by molar-refractivity contribution is 6.50. The molecule has 1 aliphatic rings. The van der Waals surface area contributed by atoms with Crippen molar-refractivity contribution in [1.82, 2.24) is 14.9 Å². The molecule has 1 amide bonds. The number of nitrogens with zero attached hydrogens (tertiary/aromatic N) is 6. The molecule has 0 radical (unpaired) electrons. The molecule has 0 spiro atoms. The minimum atomic E-state index is -0.221. The van der Waals surface area contributed by atoms with Crippen molar-refractivity contribution in [3.05, 3.63) is 54.4 Å². The number of carbonyl (C=O) groups excluding carboxylic acids is 1. The lowest BCUT2D eigenvalue weighted by Crippen LogP contribution is -2.27. The fourth-order valence-electron chi connectivity index (χ4n) is 4.11. The summed E-state index contributed by atoms with van der Waals surface area (Å²) in [5.74, 6) is 1.21. The van der Waals surface area contributed by atoms with Gasteiger partial charge in [-0.1, -0.05) is 27.7 Å². The van der Waals surface area contributed by atoms with E-state index in [1.807, 2.05) is 43.3 Å². The zero-order valence-electron chi connectivity index (χ0n) is 22.0. The predicted molar refractivity (Wildman–Crippen MR) is 147 cm³/mol. The van der Waals surface area contributed by atoms with Gasteiger partial charge in [0.1, 0.15) is 5.71 Å². The number of benzene rings is 2. The van der Waals surface area contributed by atoms with Gasteiger partial charge < -0.3 is 10.2 Å². The first-order valence-corrected chi connectivity index (χ1v) is 12.6. The summed E-state index contributed by atoms with van der Waals surface area (Å²) in [6.45, 7) is 14.6. The van der Waals surface area contributed by atoms with Crippen molar-refractivity contribution >= 4 is 34.4 Å². The van der Waals surface area contributed by atoms with Crippen LogP contribution in [0.3, 0.4) is 0 Å². The van der Waals surface area contributed by atoms with Gasteiger partial charge in [0, 0.05) is 41.9 Å². The van der Waals surface area contributed by atoms with Crippen molar-refractivity contribution in [2.45, 2.75) is 54.4 Å². The minimum absolute atomic E-state index is 0.0133. The molecule has 2 aromatic carbocycles. The third-order valence-corrected chi connectivity index (χ3v) is 6.06. The highest BCUT2D eigenvalue weighted by atomic mass is 16.1. The first-order chi connectivity index (χ1) is 17.2. The predicted octanol–water partition coefficient (Wildman–Crippen LogP) is 5.91. The van der Waals surface area contributed by atoms with E-state index in [1.54, 1.807) is 4.79 Å². The number of carbonyl (C=O) groups is 1. The molecule has 0 bridgehead atoms. The van der Waals surface area contributed by atoms with E-state index >= 15 is 0 Å². The van der Waals surface area contributed by atoms with E-state index in [4.69, 9.17) is 15.1 Å². The van der Waals surface area contributed by atoms with Gasteiger partial charge in [-0.05, 0) is 68.8 Å². The monoisotopic (exact) mass is 485 g/mol. The average molecular weight is 486 g/mol. The van der Waals surface area contributed by atoms with Crippen LogP contribution in [-0.2, 0) is 4.79 Å². The zero-order chi connectivity index (χ0) is 25.9. The largest absolute Gasteiger partial charge is 0.372 e. The first kappa shape index (κ1) is 25.3. The maximum atomic E-state index is 11.9. The summed E-state index contributed by atoms with van der Waals surface area (Å²) >= 11 is 0. The molecule has 0 aliphatic carbocycles. The summed E-state index contributed by atoms with van der Waals surface area (Å²) in [4.78, 5) is 25.5. The summed E-state index contributed by atoms with van der Waals surface area (Å²) < 4.78 is 0. The van der Waals surface area contributed by atoms with Gasteiger partial charge in [0.25, 0.3) is 0 Å². The van der Waals surface area contributed by atoms with E-state index in [1.165, 1.54) is 5.69 Å². The molecule has 1 aromatic heterocycles. The van der Waals surface area contributed by atoms with Crippen LogP contribution >= 0.6 is 0 Å². The molecular weight excluding hydrogens is 450 g/mol. The van der Waals surface area contributed by atoms with Crippen molar-refractivity contribution in [1.29, 1.82) is 0 Å². The molecule has 2 heterocycles. The minimum Gasteiger partial charge on any atom is -0.372 e. The van der Waals surface area contributed by atoms with Crippen LogP contribution in [0.2, 0.25) is 0 Å². The number of hydrogen-bond donors (Lipinski definition) is 1. The van der Waals surface area contributed by atoms with Gasteiger partial charge in [-0.25, -0.2) is 9.98 Å². The second-order valence-corrected chi connectivity index (χ2v) is 9.87. The number of aromatic nitrogens is 3. The first-order valence-electron chi connectivity index (χ1n) is 12.6. The zero-order valence-corrected chi connectivity index (χ0v) is 22.0. The molecule has 1 N–H and O–H groups in total. The second kappa shape index (κ2) is 10.4. The van der Waals surface area contributed by atoms with Crippen molar-refractivity contribution in [3.63, 3.8) is 0 Å². The Labute approximate surface area is 213 Å². The van der Waals surface area contributed by atoms with Crippen LogP contribution in [-0.4, -0.2) is 45.3 Å². The number of rotatable bonds is 8. The topological polar surface area (TPSA) is 87.8 Å². The van der Waals surface area contributed by atoms with Crippen LogP contribution in [0.4, 0.5) is 17.1 Å². The molecule has 1 aliphatic heterocycles. The van der Waals surface area contributed by atoms with Gasteiger partial charge in [-0.15, -0.1) is 9.89 Å². The summed E-state index contributed by atoms with van der Waals surface area (Å²) in [6.07, 6.45) is 1.32. The van der Waals surface area contributed by atoms with Gasteiger partial charge in [-0.3, -0.25) is 4.79 Å². The highest BCUT2D eigenvalue weighted by Crippen LogP contribution is 2.29. The second-order valence-electron chi connectivity index (χ2n) is 9.87. The molecule has 0 saturated carbocycles. The summed E-state index contributed by atoms with van der Waals surface area (Å²) in [5.41, 5.74) is 5.00. The molecule has 0 unspecified atom stereocenters. The molecule has 0 saturated heterocycles. The highest BCUT2D eigenvalue weighted by Gasteiger charge is 2.34. The van der Waals surface area contributed by atoms with Crippen LogP contribution in [0, 0.1) is 5.41 Å². The number of nitrogens with one attached hydrogen (secondary N) is 1. The Hall–Kier alpha value is -3.81. The lowest BCUT2D eigenvalue weighted by molar-refractivity contribution is -0.116. The van der Waals surface area contributed by atoms with Crippen molar-refractivity contribution in [3.8, 4) is 11.4 Å². The smallest absolute Gasteiger partial charge is 0.224 e. The summed E-state index contributed by atoms with van der Waals surface area (Å²) in [5, 5.41) is 12.3. The lowest BCUT2D eigenvalue weighted by Gasteiger charge is -2.21. The van der Waals surface area contributed by atoms with Crippen LogP contribution in [0.1, 0.15) is 60.2 Å². The number of aliphatic imine (C=N–C) groups is 1. The van der Waals surface area contributed by atoms with E-state index in [0.717, 1.165) is 47.9 Å². The van der Waals surface area contributed by atoms with E-state index in [-0.39, 0.29) is 11.3 Å². The summed E-state index contributed by atoms with van der Waals surface area (Å²) in [6, 6.07) is 15.8. The SMILES string of the molecule is CCCC(=O)Nc1ccc(-c2nc3n(n2)N=C(C(C)(C)C)C3=Nc2ccc(N(CC)CC)cc2)cc1. The Balaban J connectivity index is 1.65. The maximum Gasteiger partial charge on any atom is 0.224 e. The van der Waals surface area contributed by atoms with Crippen LogP contribution in [0.25, 0.3) is 11.4 Å². The number of hydrogen-bond acceptors (Lipinski definition) is 6. The molecule has 0 atom stereocenters.